The summed E-state index contributed by atoms with van der Waals surface area (Å²) in [5.41, 5.74) is 2.36. The molecule has 4 aromatic rings. The van der Waals surface area contributed by atoms with Crippen molar-refractivity contribution in [2.24, 2.45) is 0 Å². The predicted molar refractivity (Wildman–Crippen MR) is 99.2 cm³/mol. The number of rotatable bonds is 1. The molecule has 126 valence electrons. The Balaban J connectivity index is 1.68. The third-order valence-corrected chi connectivity index (χ3v) is 5.55. The summed E-state index contributed by atoms with van der Waals surface area (Å²) in [7, 11) is -0.517. The van der Waals surface area contributed by atoms with Gasteiger partial charge in [-0.2, -0.15) is 0 Å². The van der Waals surface area contributed by atoms with Crippen LogP contribution in [0.3, 0.4) is 0 Å². The zero-order chi connectivity index (χ0) is 17.4. The Bertz CT molecular complexity index is 1100. The first-order chi connectivity index (χ1) is 11.9. The summed E-state index contributed by atoms with van der Waals surface area (Å²) in [4.78, 5) is 0. The van der Waals surface area contributed by atoms with Gasteiger partial charge in [-0.15, -0.1) is 0 Å². The maximum Gasteiger partial charge on any atom is 0.532 e. The Morgan fingerprint density at radius 1 is 0.720 bits per heavy atom. The monoisotopic (exact) mass is 334 g/mol. The first-order valence-corrected chi connectivity index (χ1v) is 8.55. The standard InChI is InChI=1S/C20H19BO4/c1-19(2)20(3,4)25-21(24-19)17-11-14-16(22-17)10-9-13-12-7-5-6-8-15(12)23-18(13)14/h5-11H,1-4H3. The van der Waals surface area contributed by atoms with E-state index in [1.165, 1.54) is 0 Å². The van der Waals surface area contributed by atoms with Crippen molar-refractivity contribution in [2.75, 3.05) is 0 Å². The maximum absolute atomic E-state index is 6.10. The summed E-state index contributed by atoms with van der Waals surface area (Å²) in [5.74, 6) is 0. The van der Waals surface area contributed by atoms with Crippen LogP contribution >= 0.6 is 0 Å². The van der Waals surface area contributed by atoms with Gasteiger partial charge in [0.15, 0.2) is 0 Å². The molecule has 0 amide bonds. The van der Waals surface area contributed by atoms with Crippen molar-refractivity contribution in [1.82, 2.24) is 0 Å². The normalized spacial score (nSPS) is 19.4. The van der Waals surface area contributed by atoms with Gasteiger partial charge >= 0.3 is 7.12 Å². The summed E-state index contributed by atoms with van der Waals surface area (Å²) in [6.07, 6.45) is 0. The molecule has 0 bridgehead atoms. The summed E-state index contributed by atoms with van der Waals surface area (Å²) in [5, 5.41) is 3.14. The largest absolute Gasteiger partial charge is 0.532 e. The molecule has 1 aliphatic rings. The van der Waals surface area contributed by atoms with Gasteiger partial charge in [0.2, 0.25) is 0 Å². The Morgan fingerprint density at radius 2 is 1.40 bits per heavy atom. The van der Waals surface area contributed by atoms with Gasteiger partial charge < -0.3 is 18.1 Å². The SMILES string of the molecule is CC1(C)OB(c2cc3c(ccc4c5ccccc5oc34)o2)OC1(C)C. The molecule has 0 saturated carbocycles. The molecular weight excluding hydrogens is 315 g/mol. The van der Waals surface area contributed by atoms with Crippen LogP contribution in [0.25, 0.3) is 32.9 Å². The van der Waals surface area contributed by atoms with E-state index in [1.54, 1.807) is 0 Å². The minimum absolute atomic E-state index is 0.397. The first kappa shape index (κ1) is 15.1. The molecule has 0 N–H and O–H groups in total. The van der Waals surface area contributed by atoms with Gasteiger partial charge in [-0.25, -0.2) is 0 Å². The van der Waals surface area contributed by atoms with Gasteiger partial charge in [0.1, 0.15) is 22.4 Å². The number of fused-ring (bicyclic) bond motifs is 5. The zero-order valence-electron chi connectivity index (χ0n) is 14.8. The van der Waals surface area contributed by atoms with E-state index in [0.717, 1.165) is 32.9 Å². The number of para-hydroxylation sites is 1. The van der Waals surface area contributed by atoms with Crippen LogP contribution in [0.2, 0.25) is 0 Å². The lowest BCUT2D eigenvalue weighted by atomic mass is 9.86. The molecule has 5 rings (SSSR count). The average Bonchev–Trinajstić information content (AvgIpc) is 3.19. The fourth-order valence-electron chi connectivity index (χ4n) is 3.39. The minimum atomic E-state index is -0.517. The molecule has 25 heavy (non-hydrogen) atoms. The minimum Gasteiger partial charge on any atom is -0.464 e. The number of benzene rings is 2. The van der Waals surface area contributed by atoms with Crippen LogP contribution < -0.4 is 5.66 Å². The Labute approximate surface area is 145 Å². The van der Waals surface area contributed by atoms with E-state index in [9.17, 15) is 0 Å². The molecule has 2 aromatic heterocycles. The fraction of sp³-hybridized carbons (Fsp3) is 0.300. The van der Waals surface area contributed by atoms with Crippen molar-refractivity contribution in [1.29, 1.82) is 0 Å². The second-order valence-electron chi connectivity index (χ2n) is 7.69. The van der Waals surface area contributed by atoms with Crippen LogP contribution in [0.1, 0.15) is 27.7 Å². The molecule has 0 atom stereocenters. The van der Waals surface area contributed by atoms with Crippen molar-refractivity contribution in [3.8, 4) is 0 Å². The van der Waals surface area contributed by atoms with Crippen molar-refractivity contribution >= 4 is 45.7 Å². The average molecular weight is 334 g/mol. The van der Waals surface area contributed by atoms with E-state index in [2.05, 4.69) is 6.07 Å². The maximum atomic E-state index is 6.10. The molecule has 4 nitrogen and oxygen atoms in total. The molecule has 1 aliphatic heterocycles. The van der Waals surface area contributed by atoms with E-state index >= 15 is 0 Å². The van der Waals surface area contributed by atoms with Gasteiger partial charge in [0.25, 0.3) is 0 Å². The van der Waals surface area contributed by atoms with Crippen LogP contribution in [0.4, 0.5) is 0 Å². The molecule has 2 aromatic carbocycles. The highest BCUT2D eigenvalue weighted by atomic mass is 16.7. The van der Waals surface area contributed by atoms with Crippen LogP contribution in [-0.4, -0.2) is 18.3 Å². The lowest BCUT2D eigenvalue weighted by Gasteiger charge is -2.32. The number of hydrogen-bond acceptors (Lipinski definition) is 4. The second kappa shape index (κ2) is 4.68. The third-order valence-electron chi connectivity index (χ3n) is 5.55. The van der Waals surface area contributed by atoms with Gasteiger partial charge in [-0.3, -0.25) is 0 Å². The van der Waals surface area contributed by atoms with Crippen molar-refractivity contribution in [2.45, 2.75) is 38.9 Å². The highest BCUT2D eigenvalue weighted by molar-refractivity contribution is 6.61. The summed E-state index contributed by atoms with van der Waals surface area (Å²) in [6, 6.07) is 14.1. The molecule has 1 saturated heterocycles. The van der Waals surface area contributed by atoms with Crippen molar-refractivity contribution < 1.29 is 18.1 Å². The lowest BCUT2D eigenvalue weighted by Crippen LogP contribution is -2.41. The molecular formula is C20H19BO4. The van der Waals surface area contributed by atoms with Crippen LogP contribution in [0.5, 0.6) is 0 Å². The number of furan rings is 2. The fourth-order valence-corrected chi connectivity index (χ4v) is 3.39. The van der Waals surface area contributed by atoms with Crippen molar-refractivity contribution in [3.63, 3.8) is 0 Å². The topological polar surface area (TPSA) is 44.7 Å². The smallest absolute Gasteiger partial charge is 0.464 e. The highest BCUT2D eigenvalue weighted by Crippen LogP contribution is 2.38. The Morgan fingerprint density at radius 3 is 2.16 bits per heavy atom. The zero-order valence-corrected chi connectivity index (χ0v) is 14.8. The molecule has 0 unspecified atom stereocenters. The summed E-state index contributed by atoms with van der Waals surface area (Å²) in [6.45, 7) is 8.14. The van der Waals surface area contributed by atoms with E-state index in [-0.39, 0.29) is 0 Å². The lowest BCUT2D eigenvalue weighted by molar-refractivity contribution is 0.00578. The molecule has 3 heterocycles. The van der Waals surface area contributed by atoms with Crippen molar-refractivity contribution in [3.05, 3.63) is 42.5 Å². The van der Waals surface area contributed by atoms with E-state index in [1.807, 2.05) is 64.1 Å². The molecule has 0 aliphatic carbocycles. The first-order valence-electron chi connectivity index (χ1n) is 8.55. The highest BCUT2D eigenvalue weighted by Gasteiger charge is 2.53. The second-order valence-corrected chi connectivity index (χ2v) is 7.69. The van der Waals surface area contributed by atoms with E-state index < -0.39 is 18.3 Å². The van der Waals surface area contributed by atoms with Crippen LogP contribution in [0.15, 0.2) is 51.3 Å². The summed E-state index contributed by atoms with van der Waals surface area (Å²) < 4.78 is 24.3. The number of hydrogen-bond donors (Lipinski definition) is 0. The predicted octanol–water partition coefficient (Wildman–Crippen LogP) is 4.63. The van der Waals surface area contributed by atoms with Gasteiger partial charge in [0, 0.05) is 10.8 Å². The summed E-state index contributed by atoms with van der Waals surface area (Å²) >= 11 is 0. The molecule has 0 spiro atoms. The van der Waals surface area contributed by atoms with Gasteiger partial charge in [-0.1, -0.05) is 18.2 Å². The van der Waals surface area contributed by atoms with Gasteiger partial charge in [0.05, 0.1) is 16.6 Å². The van der Waals surface area contributed by atoms with E-state index in [4.69, 9.17) is 18.1 Å². The Hall–Kier alpha value is -2.24. The Kier molecular flexibility index (Phi) is 2.82. The third kappa shape index (κ3) is 2.03. The molecule has 5 heteroatoms. The molecule has 0 radical (unpaired) electrons. The van der Waals surface area contributed by atoms with Crippen LogP contribution in [-0.2, 0) is 9.31 Å². The quantitative estimate of drug-likeness (QED) is 0.476. The van der Waals surface area contributed by atoms with Gasteiger partial charge in [-0.05, 0) is 52.0 Å². The van der Waals surface area contributed by atoms with Crippen LogP contribution in [0, 0.1) is 0 Å². The van der Waals surface area contributed by atoms with E-state index in [0.29, 0.717) is 5.66 Å². The molecule has 1 fully saturated rings.